The van der Waals surface area contributed by atoms with Gasteiger partial charge in [0.2, 0.25) is 5.91 Å². The number of nitrogens with zero attached hydrogens (tertiary/aromatic N) is 1. The predicted octanol–water partition coefficient (Wildman–Crippen LogP) is 2.18. The van der Waals surface area contributed by atoms with Crippen LogP contribution in [-0.4, -0.2) is 49.7 Å². The highest BCUT2D eigenvalue weighted by atomic mass is 16.5. The van der Waals surface area contributed by atoms with Crippen molar-refractivity contribution in [3.8, 4) is 0 Å². The molecule has 0 aromatic rings. The third kappa shape index (κ3) is 4.19. The minimum absolute atomic E-state index is 0.300. The summed E-state index contributed by atoms with van der Waals surface area (Å²) >= 11 is 0. The van der Waals surface area contributed by atoms with Crippen molar-refractivity contribution >= 4 is 5.91 Å². The second-order valence-corrected chi connectivity index (χ2v) is 7.08. The molecule has 21 heavy (non-hydrogen) atoms. The van der Waals surface area contributed by atoms with Crippen molar-refractivity contribution in [1.82, 2.24) is 10.2 Å². The molecule has 4 heteroatoms. The summed E-state index contributed by atoms with van der Waals surface area (Å²) in [5.41, 5.74) is 0. The quantitative estimate of drug-likeness (QED) is 0.864. The van der Waals surface area contributed by atoms with Crippen LogP contribution < -0.4 is 5.32 Å². The van der Waals surface area contributed by atoms with Gasteiger partial charge < -0.3 is 10.1 Å². The van der Waals surface area contributed by atoms with Gasteiger partial charge >= 0.3 is 0 Å². The lowest BCUT2D eigenvalue weighted by molar-refractivity contribution is -0.126. The predicted molar refractivity (Wildman–Crippen MR) is 83.1 cm³/mol. The normalized spacial score (nSPS) is 29.6. The van der Waals surface area contributed by atoms with E-state index in [0.29, 0.717) is 23.8 Å². The fourth-order valence-electron chi connectivity index (χ4n) is 4.09. The molecule has 120 valence electrons. The van der Waals surface area contributed by atoms with E-state index in [-0.39, 0.29) is 0 Å². The summed E-state index contributed by atoms with van der Waals surface area (Å²) in [6.45, 7) is 5.10. The van der Waals surface area contributed by atoms with E-state index in [1.54, 1.807) is 0 Å². The summed E-state index contributed by atoms with van der Waals surface area (Å²) in [4.78, 5) is 14.8. The van der Waals surface area contributed by atoms with Crippen LogP contribution in [0.15, 0.2) is 0 Å². The van der Waals surface area contributed by atoms with E-state index in [2.05, 4.69) is 10.2 Å². The molecule has 1 aliphatic carbocycles. The van der Waals surface area contributed by atoms with Crippen LogP contribution in [0.3, 0.4) is 0 Å². The smallest absolute Gasteiger partial charge is 0.223 e. The molecule has 0 spiro atoms. The van der Waals surface area contributed by atoms with Gasteiger partial charge in [0.05, 0.1) is 6.61 Å². The van der Waals surface area contributed by atoms with Crippen molar-refractivity contribution < 1.29 is 9.53 Å². The number of nitrogens with one attached hydrogen (secondary N) is 1. The van der Waals surface area contributed by atoms with E-state index in [0.717, 1.165) is 32.6 Å². The Bertz CT molecular complexity index is 328. The van der Waals surface area contributed by atoms with Crippen LogP contribution in [0.5, 0.6) is 0 Å². The summed E-state index contributed by atoms with van der Waals surface area (Å²) in [6, 6.07) is 0.655. The molecule has 2 aliphatic heterocycles. The second-order valence-electron chi connectivity index (χ2n) is 7.08. The average Bonchev–Trinajstić information content (AvgIpc) is 3.08. The van der Waals surface area contributed by atoms with Crippen molar-refractivity contribution in [3.05, 3.63) is 0 Å². The molecule has 1 N–H and O–H groups in total. The van der Waals surface area contributed by atoms with Crippen molar-refractivity contribution in [3.63, 3.8) is 0 Å². The first kappa shape index (κ1) is 15.3. The first-order chi connectivity index (χ1) is 10.3. The maximum Gasteiger partial charge on any atom is 0.223 e. The lowest BCUT2D eigenvalue weighted by atomic mass is 9.88. The zero-order chi connectivity index (χ0) is 14.5. The summed E-state index contributed by atoms with van der Waals surface area (Å²) < 4.78 is 5.48. The molecular formula is C17H30N2O2. The number of carbonyl (C=O) groups excluding carboxylic acids is 1. The lowest BCUT2D eigenvalue weighted by Gasteiger charge is -2.35. The van der Waals surface area contributed by atoms with Gasteiger partial charge in [0.1, 0.15) is 0 Å². The zero-order valence-corrected chi connectivity index (χ0v) is 13.2. The molecule has 4 nitrogen and oxygen atoms in total. The van der Waals surface area contributed by atoms with Crippen LogP contribution in [0.1, 0.15) is 51.4 Å². The number of hydrogen-bond donors (Lipinski definition) is 1. The molecule has 1 atom stereocenters. The standard InChI is InChI=1S/C17H30N2O2/c20-17(15-4-2-1-3-5-15)18-12-14-6-9-19(10-7-14)16-8-11-21-13-16/h14-16H,1-13H2,(H,18,20)/t16-/m1/s1. The van der Waals surface area contributed by atoms with Crippen LogP contribution in [0.2, 0.25) is 0 Å². The van der Waals surface area contributed by atoms with Crippen molar-refractivity contribution in [2.24, 2.45) is 11.8 Å². The van der Waals surface area contributed by atoms with Gasteiger partial charge in [0.25, 0.3) is 0 Å². The lowest BCUT2D eigenvalue weighted by Crippen LogP contribution is -2.44. The van der Waals surface area contributed by atoms with Gasteiger partial charge in [-0.15, -0.1) is 0 Å². The van der Waals surface area contributed by atoms with Gasteiger partial charge in [0.15, 0.2) is 0 Å². The fourth-order valence-corrected chi connectivity index (χ4v) is 4.09. The Hall–Kier alpha value is -0.610. The third-order valence-corrected chi connectivity index (χ3v) is 5.61. The first-order valence-corrected chi connectivity index (χ1v) is 8.92. The summed E-state index contributed by atoms with van der Waals surface area (Å²) in [7, 11) is 0. The summed E-state index contributed by atoms with van der Waals surface area (Å²) in [6.07, 6.45) is 9.64. The zero-order valence-electron chi connectivity index (χ0n) is 13.2. The first-order valence-electron chi connectivity index (χ1n) is 8.92. The van der Waals surface area contributed by atoms with Gasteiger partial charge in [-0.05, 0) is 51.1 Å². The SMILES string of the molecule is O=C(NCC1CCN([C@@H]2CCOC2)CC1)C1CCCCC1. The van der Waals surface area contributed by atoms with Crippen LogP contribution in [0, 0.1) is 11.8 Å². The Labute approximate surface area is 128 Å². The molecule has 0 bridgehead atoms. The van der Waals surface area contributed by atoms with E-state index in [1.807, 2.05) is 0 Å². The molecule has 3 aliphatic rings. The molecule has 2 saturated heterocycles. The topological polar surface area (TPSA) is 41.6 Å². The highest BCUT2D eigenvalue weighted by Crippen LogP contribution is 2.25. The van der Waals surface area contributed by atoms with Crippen LogP contribution in [0.25, 0.3) is 0 Å². The van der Waals surface area contributed by atoms with E-state index in [1.165, 1.54) is 51.6 Å². The maximum atomic E-state index is 12.2. The van der Waals surface area contributed by atoms with Gasteiger partial charge in [0, 0.05) is 25.1 Å². The van der Waals surface area contributed by atoms with Gasteiger partial charge in [-0.25, -0.2) is 0 Å². The number of piperidine rings is 1. The number of carbonyl (C=O) groups is 1. The van der Waals surface area contributed by atoms with Gasteiger partial charge in [-0.1, -0.05) is 19.3 Å². The highest BCUT2D eigenvalue weighted by molar-refractivity contribution is 5.78. The highest BCUT2D eigenvalue weighted by Gasteiger charge is 2.28. The number of hydrogen-bond acceptors (Lipinski definition) is 3. The Morgan fingerprint density at radius 3 is 2.48 bits per heavy atom. The summed E-state index contributed by atoms with van der Waals surface area (Å²) in [5, 5.41) is 3.22. The Morgan fingerprint density at radius 1 is 1.05 bits per heavy atom. The van der Waals surface area contributed by atoms with Crippen LogP contribution >= 0.6 is 0 Å². The largest absolute Gasteiger partial charge is 0.380 e. The molecular weight excluding hydrogens is 264 g/mol. The Kier molecular flexibility index (Phi) is 5.53. The molecule has 1 amide bonds. The molecule has 0 unspecified atom stereocenters. The minimum atomic E-state index is 0.300. The summed E-state index contributed by atoms with van der Waals surface area (Å²) in [5.74, 6) is 1.30. The number of amides is 1. The van der Waals surface area contributed by atoms with E-state index < -0.39 is 0 Å². The molecule has 3 fully saturated rings. The third-order valence-electron chi connectivity index (χ3n) is 5.61. The molecule has 0 aromatic heterocycles. The fraction of sp³-hybridized carbons (Fsp3) is 0.941. The van der Waals surface area contributed by atoms with Crippen LogP contribution in [-0.2, 0) is 9.53 Å². The van der Waals surface area contributed by atoms with E-state index in [4.69, 9.17) is 4.74 Å². The van der Waals surface area contributed by atoms with E-state index >= 15 is 0 Å². The molecule has 0 aromatic carbocycles. The van der Waals surface area contributed by atoms with Gasteiger partial charge in [-0.3, -0.25) is 9.69 Å². The van der Waals surface area contributed by atoms with Crippen LogP contribution in [0.4, 0.5) is 0 Å². The van der Waals surface area contributed by atoms with Gasteiger partial charge in [-0.2, -0.15) is 0 Å². The van der Waals surface area contributed by atoms with Crippen molar-refractivity contribution in [1.29, 1.82) is 0 Å². The van der Waals surface area contributed by atoms with Crippen molar-refractivity contribution in [2.75, 3.05) is 32.8 Å². The molecule has 1 saturated carbocycles. The maximum absolute atomic E-state index is 12.2. The second kappa shape index (κ2) is 7.59. The van der Waals surface area contributed by atoms with Crippen molar-refractivity contribution in [2.45, 2.75) is 57.4 Å². The monoisotopic (exact) mass is 294 g/mol. The molecule has 2 heterocycles. The Balaban J connectivity index is 1.34. The number of likely N-dealkylation sites (tertiary alicyclic amines) is 1. The molecule has 3 rings (SSSR count). The molecule has 0 radical (unpaired) electrons. The average molecular weight is 294 g/mol. The minimum Gasteiger partial charge on any atom is -0.380 e. The van der Waals surface area contributed by atoms with E-state index in [9.17, 15) is 4.79 Å². The Morgan fingerprint density at radius 2 is 1.81 bits per heavy atom. The number of rotatable bonds is 4. The number of ether oxygens (including phenoxy) is 1.